The van der Waals surface area contributed by atoms with E-state index in [0.717, 1.165) is 41.5 Å². The topological polar surface area (TPSA) is 38.1 Å². The van der Waals surface area contributed by atoms with Crippen LogP contribution in [0.2, 0.25) is 0 Å². The van der Waals surface area contributed by atoms with Crippen LogP contribution in [0.3, 0.4) is 0 Å². The normalized spacial score (nSPS) is 10.9. The van der Waals surface area contributed by atoms with Crippen LogP contribution in [0.5, 0.6) is 0 Å². The first-order valence-electron chi connectivity index (χ1n) is 6.75. The van der Waals surface area contributed by atoms with E-state index in [1.807, 2.05) is 17.5 Å². The van der Waals surface area contributed by atoms with Crippen molar-refractivity contribution in [3.63, 3.8) is 0 Å². The van der Waals surface area contributed by atoms with Gasteiger partial charge in [-0.25, -0.2) is 9.37 Å². The molecule has 0 unspecified atom stereocenters. The molecule has 1 aromatic carbocycles. The number of nitrogens with zero attached hydrogens (tertiary/aromatic N) is 1. The fourth-order valence-corrected chi connectivity index (χ4v) is 2.81. The number of halogens is 1. The van der Waals surface area contributed by atoms with Gasteiger partial charge in [-0.1, -0.05) is 0 Å². The number of thiazole rings is 1. The highest BCUT2D eigenvalue weighted by molar-refractivity contribution is 7.09. The molecule has 0 amide bonds. The van der Waals surface area contributed by atoms with Gasteiger partial charge in [0.1, 0.15) is 11.6 Å². The van der Waals surface area contributed by atoms with Gasteiger partial charge in [0.25, 0.3) is 0 Å². The second kappa shape index (κ2) is 6.65. The van der Waals surface area contributed by atoms with E-state index in [1.165, 1.54) is 12.1 Å². The lowest BCUT2D eigenvalue weighted by molar-refractivity contribution is 0.484. The lowest BCUT2D eigenvalue weighted by Crippen LogP contribution is -2.16. The highest BCUT2D eigenvalue weighted by Gasteiger charge is 2.05. The van der Waals surface area contributed by atoms with Gasteiger partial charge in [0, 0.05) is 23.9 Å². The van der Waals surface area contributed by atoms with Crippen molar-refractivity contribution in [1.82, 2.24) is 10.3 Å². The molecule has 0 fully saturated rings. The molecule has 2 aromatic heterocycles. The predicted octanol–water partition coefficient (Wildman–Crippen LogP) is 3.87. The number of aromatic nitrogens is 1. The van der Waals surface area contributed by atoms with Crippen molar-refractivity contribution in [3.05, 3.63) is 64.6 Å². The minimum Gasteiger partial charge on any atom is -0.468 e. The minimum atomic E-state index is -0.226. The summed E-state index contributed by atoms with van der Waals surface area (Å²) >= 11 is 1.63. The molecule has 0 aliphatic carbocycles. The molecule has 0 aliphatic heterocycles. The summed E-state index contributed by atoms with van der Waals surface area (Å²) in [5.74, 6) is 0.706. The Morgan fingerprint density at radius 2 is 2.05 bits per heavy atom. The van der Waals surface area contributed by atoms with E-state index >= 15 is 0 Å². The Hall–Kier alpha value is -1.98. The first-order valence-corrected chi connectivity index (χ1v) is 7.63. The standard InChI is InChI=1S/C16H15FN2OS/c17-13-5-3-12(4-6-13)15-11-21-16(19-15)7-8-18-10-14-2-1-9-20-14/h1-6,9,11,18H,7-8,10H2. The van der Waals surface area contributed by atoms with Crippen LogP contribution in [0.1, 0.15) is 10.8 Å². The van der Waals surface area contributed by atoms with Gasteiger partial charge in [0.2, 0.25) is 0 Å². The van der Waals surface area contributed by atoms with Gasteiger partial charge in [-0.2, -0.15) is 0 Å². The Bertz CT molecular complexity index is 677. The van der Waals surface area contributed by atoms with Crippen LogP contribution in [0.4, 0.5) is 4.39 Å². The lowest BCUT2D eigenvalue weighted by Gasteiger charge is -2.00. The van der Waals surface area contributed by atoms with Gasteiger partial charge in [0.05, 0.1) is 23.5 Å². The van der Waals surface area contributed by atoms with Crippen LogP contribution < -0.4 is 5.32 Å². The Kier molecular flexibility index (Phi) is 4.43. The van der Waals surface area contributed by atoms with Crippen molar-refractivity contribution in [2.75, 3.05) is 6.54 Å². The van der Waals surface area contributed by atoms with Gasteiger partial charge in [-0.05, 0) is 36.4 Å². The smallest absolute Gasteiger partial charge is 0.123 e. The minimum absolute atomic E-state index is 0.226. The van der Waals surface area contributed by atoms with Crippen LogP contribution in [0.25, 0.3) is 11.3 Å². The number of rotatable bonds is 6. The van der Waals surface area contributed by atoms with Crippen LogP contribution in [-0.2, 0) is 13.0 Å². The highest BCUT2D eigenvalue weighted by atomic mass is 32.1. The molecule has 108 valence electrons. The molecule has 3 aromatic rings. The van der Waals surface area contributed by atoms with E-state index in [2.05, 4.69) is 10.3 Å². The molecule has 0 radical (unpaired) electrons. The molecule has 0 saturated carbocycles. The first-order chi connectivity index (χ1) is 10.3. The summed E-state index contributed by atoms with van der Waals surface area (Å²) in [6.45, 7) is 1.57. The Labute approximate surface area is 126 Å². The number of furan rings is 1. The molecule has 5 heteroatoms. The second-order valence-electron chi connectivity index (χ2n) is 4.64. The molecule has 3 nitrogen and oxygen atoms in total. The summed E-state index contributed by atoms with van der Waals surface area (Å²) in [6, 6.07) is 10.3. The third-order valence-corrected chi connectivity index (χ3v) is 4.00. The molecule has 3 rings (SSSR count). The first kappa shape index (κ1) is 14.0. The molecule has 1 N–H and O–H groups in total. The summed E-state index contributed by atoms with van der Waals surface area (Å²) in [5.41, 5.74) is 1.85. The van der Waals surface area contributed by atoms with E-state index < -0.39 is 0 Å². The van der Waals surface area contributed by atoms with Gasteiger partial charge in [-0.15, -0.1) is 11.3 Å². The van der Waals surface area contributed by atoms with Gasteiger partial charge in [-0.3, -0.25) is 0 Å². The molecule has 0 aliphatic rings. The Morgan fingerprint density at radius 3 is 2.81 bits per heavy atom. The SMILES string of the molecule is Fc1ccc(-c2csc(CCNCc3ccco3)n2)cc1. The van der Waals surface area contributed by atoms with Crippen molar-refractivity contribution >= 4 is 11.3 Å². The number of hydrogen-bond acceptors (Lipinski definition) is 4. The van der Waals surface area contributed by atoms with E-state index in [1.54, 1.807) is 29.7 Å². The zero-order valence-electron chi connectivity index (χ0n) is 11.4. The molecule has 2 heterocycles. The largest absolute Gasteiger partial charge is 0.468 e. The maximum absolute atomic E-state index is 12.9. The zero-order chi connectivity index (χ0) is 14.5. The molecular weight excluding hydrogens is 287 g/mol. The van der Waals surface area contributed by atoms with Crippen LogP contribution in [0.15, 0.2) is 52.5 Å². The fourth-order valence-electron chi connectivity index (χ4n) is 2.00. The fraction of sp³-hybridized carbons (Fsp3) is 0.188. The van der Waals surface area contributed by atoms with E-state index in [-0.39, 0.29) is 5.82 Å². The monoisotopic (exact) mass is 302 g/mol. The Balaban J connectivity index is 1.52. The maximum atomic E-state index is 12.9. The summed E-state index contributed by atoms with van der Waals surface area (Å²) in [5, 5.41) is 6.40. The van der Waals surface area contributed by atoms with Crippen LogP contribution >= 0.6 is 11.3 Å². The molecule has 0 bridgehead atoms. The average molecular weight is 302 g/mol. The summed E-state index contributed by atoms with van der Waals surface area (Å²) in [6.07, 6.45) is 2.54. The zero-order valence-corrected chi connectivity index (χ0v) is 12.2. The molecule has 21 heavy (non-hydrogen) atoms. The van der Waals surface area contributed by atoms with Crippen molar-refractivity contribution in [2.24, 2.45) is 0 Å². The van der Waals surface area contributed by atoms with Crippen LogP contribution in [0, 0.1) is 5.82 Å². The lowest BCUT2D eigenvalue weighted by atomic mass is 10.2. The summed E-state index contributed by atoms with van der Waals surface area (Å²) in [4.78, 5) is 4.58. The van der Waals surface area contributed by atoms with E-state index in [4.69, 9.17) is 4.42 Å². The van der Waals surface area contributed by atoms with Crippen molar-refractivity contribution in [3.8, 4) is 11.3 Å². The predicted molar refractivity (Wildman–Crippen MR) is 81.6 cm³/mol. The van der Waals surface area contributed by atoms with Gasteiger partial charge in [0.15, 0.2) is 0 Å². The maximum Gasteiger partial charge on any atom is 0.123 e. The summed E-state index contributed by atoms with van der Waals surface area (Å²) in [7, 11) is 0. The second-order valence-corrected chi connectivity index (χ2v) is 5.58. The van der Waals surface area contributed by atoms with Gasteiger partial charge < -0.3 is 9.73 Å². The van der Waals surface area contributed by atoms with E-state index in [9.17, 15) is 4.39 Å². The molecule has 0 saturated heterocycles. The number of benzene rings is 1. The van der Waals surface area contributed by atoms with Crippen molar-refractivity contribution in [2.45, 2.75) is 13.0 Å². The molecular formula is C16H15FN2OS. The Morgan fingerprint density at radius 1 is 1.19 bits per heavy atom. The van der Waals surface area contributed by atoms with Gasteiger partial charge >= 0.3 is 0 Å². The summed E-state index contributed by atoms with van der Waals surface area (Å²) < 4.78 is 18.1. The van der Waals surface area contributed by atoms with E-state index in [0.29, 0.717) is 0 Å². The third kappa shape index (κ3) is 3.77. The van der Waals surface area contributed by atoms with Crippen LogP contribution in [-0.4, -0.2) is 11.5 Å². The number of nitrogens with one attached hydrogen (secondary N) is 1. The van der Waals surface area contributed by atoms with Crippen molar-refractivity contribution in [1.29, 1.82) is 0 Å². The molecule has 0 atom stereocenters. The quantitative estimate of drug-likeness (QED) is 0.702. The number of hydrogen-bond donors (Lipinski definition) is 1. The van der Waals surface area contributed by atoms with Crippen molar-refractivity contribution < 1.29 is 8.81 Å². The average Bonchev–Trinajstić information content (AvgIpc) is 3.16. The highest BCUT2D eigenvalue weighted by Crippen LogP contribution is 2.22. The molecule has 0 spiro atoms. The third-order valence-electron chi connectivity index (χ3n) is 3.09.